The SMILES string of the molecule is CC(C)=C[C@@H]1[C@@H](C(=O)OCC(=O)Nc2ccc3c(c2)OCCCO3)C1(C)C. The second-order valence-corrected chi connectivity index (χ2v) is 7.94. The van der Waals surface area contributed by atoms with Crippen LogP contribution in [0.1, 0.15) is 34.1 Å². The topological polar surface area (TPSA) is 73.9 Å². The molecule has 0 spiro atoms. The Labute approximate surface area is 159 Å². The van der Waals surface area contributed by atoms with Gasteiger partial charge in [-0.1, -0.05) is 25.5 Å². The van der Waals surface area contributed by atoms with Gasteiger partial charge in [0.2, 0.25) is 0 Å². The van der Waals surface area contributed by atoms with Crippen LogP contribution in [0.25, 0.3) is 0 Å². The lowest BCUT2D eigenvalue weighted by atomic mass is 10.1. The molecule has 0 unspecified atom stereocenters. The molecule has 0 radical (unpaired) electrons. The zero-order valence-corrected chi connectivity index (χ0v) is 16.3. The van der Waals surface area contributed by atoms with Gasteiger partial charge in [-0.15, -0.1) is 0 Å². The Hall–Kier alpha value is -2.50. The van der Waals surface area contributed by atoms with Crippen LogP contribution in [0.15, 0.2) is 29.8 Å². The van der Waals surface area contributed by atoms with E-state index >= 15 is 0 Å². The van der Waals surface area contributed by atoms with Gasteiger partial charge in [0.15, 0.2) is 18.1 Å². The van der Waals surface area contributed by atoms with Crippen molar-refractivity contribution in [3.05, 3.63) is 29.8 Å². The van der Waals surface area contributed by atoms with E-state index in [1.165, 1.54) is 5.57 Å². The first kappa shape index (κ1) is 19.3. The van der Waals surface area contributed by atoms with Gasteiger partial charge >= 0.3 is 5.97 Å². The molecule has 2 aliphatic rings. The zero-order valence-electron chi connectivity index (χ0n) is 16.3. The molecule has 0 bridgehead atoms. The minimum absolute atomic E-state index is 0.126. The number of esters is 1. The van der Waals surface area contributed by atoms with Crippen LogP contribution in [0.5, 0.6) is 11.5 Å². The average Bonchev–Trinajstić information content (AvgIpc) is 3.22. The molecular weight excluding hydrogens is 346 g/mol. The third-order valence-electron chi connectivity index (χ3n) is 5.05. The Bertz CT molecular complexity index is 764. The van der Waals surface area contributed by atoms with Gasteiger partial charge in [-0.25, -0.2) is 0 Å². The number of carbonyl (C=O) groups excluding carboxylic acids is 2. The lowest BCUT2D eigenvalue weighted by Crippen LogP contribution is -2.22. The minimum atomic E-state index is -0.380. The summed E-state index contributed by atoms with van der Waals surface area (Å²) in [5.41, 5.74) is 1.63. The van der Waals surface area contributed by atoms with Crippen LogP contribution in [0.3, 0.4) is 0 Å². The van der Waals surface area contributed by atoms with Crippen LogP contribution in [-0.2, 0) is 14.3 Å². The molecule has 6 heteroatoms. The number of benzene rings is 1. The molecule has 1 aliphatic heterocycles. The highest BCUT2D eigenvalue weighted by Crippen LogP contribution is 2.59. The number of allylic oxidation sites excluding steroid dienone is 2. The van der Waals surface area contributed by atoms with Crippen molar-refractivity contribution in [3.63, 3.8) is 0 Å². The number of carbonyl (C=O) groups is 2. The van der Waals surface area contributed by atoms with E-state index in [9.17, 15) is 9.59 Å². The van der Waals surface area contributed by atoms with Gasteiger partial charge in [0.25, 0.3) is 5.91 Å². The molecule has 0 saturated heterocycles. The molecule has 3 rings (SSSR count). The van der Waals surface area contributed by atoms with Crippen molar-refractivity contribution in [2.45, 2.75) is 34.1 Å². The van der Waals surface area contributed by atoms with Crippen LogP contribution in [0.2, 0.25) is 0 Å². The Balaban J connectivity index is 1.52. The van der Waals surface area contributed by atoms with Gasteiger partial charge < -0.3 is 19.5 Å². The van der Waals surface area contributed by atoms with Gasteiger partial charge in [0.1, 0.15) is 0 Å². The molecule has 6 nitrogen and oxygen atoms in total. The molecular formula is C21H27NO5. The van der Waals surface area contributed by atoms with E-state index in [1.807, 2.05) is 27.7 Å². The number of fused-ring (bicyclic) bond motifs is 1. The maximum absolute atomic E-state index is 12.3. The highest BCUT2D eigenvalue weighted by atomic mass is 16.5. The average molecular weight is 373 g/mol. The van der Waals surface area contributed by atoms with Crippen LogP contribution in [0, 0.1) is 17.3 Å². The van der Waals surface area contributed by atoms with Gasteiger partial charge in [-0.05, 0) is 37.3 Å². The Morgan fingerprint density at radius 3 is 2.63 bits per heavy atom. The van der Waals surface area contributed by atoms with Crippen LogP contribution in [0.4, 0.5) is 5.69 Å². The number of amides is 1. The molecule has 1 amide bonds. The van der Waals surface area contributed by atoms with E-state index in [4.69, 9.17) is 14.2 Å². The summed E-state index contributed by atoms with van der Waals surface area (Å²) < 4.78 is 16.4. The molecule has 1 fully saturated rings. The van der Waals surface area contributed by atoms with Crippen LogP contribution in [-0.4, -0.2) is 31.7 Å². The summed E-state index contributed by atoms with van der Waals surface area (Å²) in [5, 5.41) is 2.73. The fraction of sp³-hybridized carbons (Fsp3) is 0.524. The molecule has 27 heavy (non-hydrogen) atoms. The third kappa shape index (κ3) is 4.43. The van der Waals surface area contributed by atoms with E-state index in [1.54, 1.807) is 18.2 Å². The van der Waals surface area contributed by atoms with Crippen molar-refractivity contribution in [2.24, 2.45) is 17.3 Å². The molecule has 2 atom stereocenters. The molecule has 1 heterocycles. The zero-order chi connectivity index (χ0) is 19.6. The van der Waals surface area contributed by atoms with Gasteiger partial charge in [0.05, 0.1) is 19.1 Å². The predicted octanol–water partition coefficient (Wildman–Crippen LogP) is 3.57. The molecule has 1 aromatic rings. The van der Waals surface area contributed by atoms with Crippen molar-refractivity contribution in [1.29, 1.82) is 0 Å². The van der Waals surface area contributed by atoms with Crippen molar-refractivity contribution < 1.29 is 23.8 Å². The normalized spacial score (nSPS) is 22.2. The summed E-state index contributed by atoms with van der Waals surface area (Å²) in [7, 11) is 0. The van der Waals surface area contributed by atoms with Gasteiger partial charge in [0, 0.05) is 18.2 Å². The molecule has 1 aromatic carbocycles. The lowest BCUT2D eigenvalue weighted by Gasteiger charge is -2.11. The maximum atomic E-state index is 12.3. The largest absolute Gasteiger partial charge is 0.490 e. The quantitative estimate of drug-likeness (QED) is 0.631. The highest BCUT2D eigenvalue weighted by Gasteiger charge is 2.61. The first-order valence-corrected chi connectivity index (χ1v) is 9.30. The minimum Gasteiger partial charge on any atom is -0.490 e. The van der Waals surface area contributed by atoms with Crippen molar-refractivity contribution >= 4 is 17.6 Å². The van der Waals surface area contributed by atoms with Crippen molar-refractivity contribution in [3.8, 4) is 11.5 Å². The molecule has 1 aliphatic carbocycles. The third-order valence-corrected chi connectivity index (χ3v) is 5.05. The van der Waals surface area contributed by atoms with E-state index in [-0.39, 0.29) is 35.7 Å². The number of ether oxygens (including phenoxy) is 3. The number of anilines is 1. The Morgan fingerprint density at radius 1 is 1.22 bits per heavy atom. The summed E-state index contributed by atoms with van der Waals surface area (Å²) in [6, 6.07) is 5.22. The lowest BCUT2D eigenvalue weighted by molar-refractivity contribution is -0.149. The van der Waals surface area contributed by atoms with Gasteiger partial charge in [-0.2, -0.15) is 0 Å². The summed E-state index contributed by atoms with van der Waals surface area (Å²) in [6.07, 6.45) is 2.92. The summed E-state index contributed by atoms with van der Waals surface area (Å²) >= 11 is 0. The maximum Gasteiger partial charge on any atom is 0.310 e. The van der Waals surface area contributed by atoms with E-state index < -0.39 is 0 Å². The summed E-state index contributed by atoms with van der Waals surface area (Å²) in [5.74, 6) is 0.536. The Kier molecular flexibility index (Phi) is 5.44. The summed E-state index contributed by atoms with van der Waals surface area (Å²) in [6.45, 7) is 8.99. The number of hydrogen-bond donors (Lipinski definition) is 1. The standard InChI is InChI=1S/C21H27NO5/c1-13(2)10-15-19(21(15,3)4)20(24)27-12-18(23)22-14-6-7-16-17(11-14)26-9-5-8-25-16/h6-7,10-11,15,19H,5,8-9,12H2,1-4H3,(H,22,23)/t15-,19+/m1/s1. The fourth-order valence-corrected chi connectivity index (χ4v) is 3.46. The second kappa shape index (κ2) is 7.62. The first-order valence-electron chi connectivity index (χ1n) is 9.30. The second-order valence-electron chi connectivity index (χ2n) is 7.94. The van der Waals surface area contributed by atoms with Crippen LogP contribution < -0.4 is 14.8 Å². The monoisotopic (exact) mass is 373 g/mol. The Morgan fingerprint density at radius 2 is 1.93 bits per heavy atom. The number of nitrogens with one attached hydrogen (secondary N) is 1. The summed E-state index contributed by atoms with van der Waals surface area (Å²) in [4.78, 5) is 24.5. The molecule has 1 saturated carbocycles. The van der Waals surface area contributed by atoms with Crippen molar-refractivity contribution in [2.75, 3.05) is 25.1 Å². The fourth-order valence-electron chi connectivity index (χ4n) is 3.46. The number of hydrogen-bond acceptors (Lipinski definition) is 5. The smallest absolute Gasteiger partial charge is 0.310 e. The molecule has 0 aromatic heterocycles. The molecule has 1 N–H and O–H groups in total. The molecule has 146 valence electrons. The predicted molar refractivity (Wildman–Crippen MR) is 102 cm³/mol. The van der Waals surface area contributed by atoms with Crippen LogP contribution >= 0.6 is 0 Å². The highest BCUT2D eigenvalue weighted by molar-refractivity contribution is 5.93. The first-order chi connectivity index (χ1) is 12.8. The van der Waals surface area contributed by atoms with Gasteiger partial charge in [-0.3, -0.25) is 9.59 Å². The van der Waals surface area contributed by atoms with E-state index in [0.717, 1.165) is 6.42 Å². The van der Waals surface area contributed by atoms with E-state index in [2.05, 4.69) is 11.4 Å². The number of rotatable bonds is 5. The van der Waals surface area contributed by atoms with E-state index in [0.29, 0.717) is 30.4 Å². The van der Waals surface area contributed by atoms with Crippen molar-refractivity contribution in [1.82, 2.24) is 0 Å².